The van der Waals surface area contributed by atoms with E-state index in [0.717, 1.165) is 16.8 Å². The first-order valence-corrected chi connectivity index (χ1v) is 8.79. The monoisotopic (exact) mass is 381 g/mol. The minimum absolute atomic E-state index is 0.0195. The van der Waals surface area contributed by atoms with E-state index < -0.39 is 6.09 Å². The number of methoxy groups -OCH3 is 1. The third-order valence-electron chi connectivity index (χ3n) is 4.72. The molecule has 1 aliphatic heterocycles. The number of carbonyl (C=O) groups excluding carboxylic acids is 1. The number of ether oxygens (including phenoxy) is 1. The van der Waals surface area contributed by atoms with Gasteiger partial charge >= 0.3 is 6.09 Å². The molecule has 2 N–H and O–H groups in total. The molecular formula is C19H19N5O4. The number of carbonyl (C=O) groups is 2. The van der Waals surface area contributed by atoms with Crippen LogP contribution in [0, 0.1) is 0 Å². The van der Waals surface area contributed by atoms with E-state index >= 15 is 0 Å². The summed E-state index contributed by atoms with van der Waals surface area (Å²) in [5, 5.41) is 15.2. The SMILES string of the molecule is COC1CN(C(=O)Cc2ccc(-c3cccc4nc(NC(=O)O)nn34)cc2)C1. The predicted molar refractivity (Wildman–Crippen MR) is 101 cm³/mol. The number of fused-ring (bicyclic) bond motifs is 1. The summed E-state index contributed by atoms with van der Waals surface area (Å²) in [5.74, 6) is 0.106. The number of benzene rings is 1. The number of likely N-dealkylation sites (tertiary alicyclic amines) is 1. The zero-order valence-corrected chi connectivity index (χ0v) is 15.2. The van der Waals surface area contributed by atoms with Crippen molar-refractivity contribution in [2.45, 2.75) is 12.5 Å². The lowest BCUT2D eigenvalue weighted by Crippen LogP contribution is -2.54. The lowest BCUT2D eigenvalue weighted by atomic mass is 10.0. The molecule has 0 unspecified atom stereocenters. The lowest BCUT2D eigenvalue weighted by molar-refractivity contribution is -0.142. The normalized spacial score (nSPS) is 14.1. The smallest absolute Gasteiger partial charge is 0.411 e. The Hall–Kier alpha value is -3.46. The number of rotatable bonds is 5. The van der Waals surface area contributed by atoms with Gasteiger partial charge in [0.1, 0.15) is 0 Å². The number of amides is 2. The molecule has 9 heteroatoms. The van der Waals surface area contributed by atoms with Gasteiger partial charge in [0.05, 0.1) is 18.2 Å². The zero-order chi connectivity index (χ0) is 19.7. The summed E-state index contributed by atoms with van der Waals surface area (Å²) in [5.41, 5.74) is 3.11. The molecule has 0 spiro atoms. The maximum atomic E-state index is 12.3. The Bertz CT molecular complexity index is 1020. The van der Waals surface area contributed by atoms with Crippen molar-refractivity contribution in [3.05, 3.63) is 48.0 Å². The van der Waals surface area contributed by atoms with Crippen LogP contribution in [0.5, 0.6) is 0 Å². The van der Waals surface area contributed by atoms with Crippen LogP contribution in [0.3, 0.4) is 0 Å². The van der Waals surface area contributed by atoms with Crippen molar-refractivity contribution in [2.24, 2.45) is 0 Å². The molecule has 1 saturated heterocycles. The summed E-state index contributed by atoms with van der Waals surface area (Å²) in [6.45, 7) is 1.29. The van der Waals surface area contributed by atoms with Crippen LogP contribution in [0.2, 0.25) is 0 Å². The highest BCUT2D eigenvalue weighted by atomic mass is 16.5. The average molecular weight is 381 g/mol. The van der Waals surface area contributed by atoms with Crippen LogP contribution in [0.15, 0.2) is 42.5 Å². The van der Waals surface area contributed by atoms with Crippen molar-refractivity contribution in [1.29, 1.82) is 0 Å². The van der Waals surface area contributed by atoms with E-state index in [1.165, 1.54) is 0 Å². The van der Waals surface area contributed by atoms with E-state index in [1.807, 2.05) is 36.4 Å². The largest absolute Gasteiger partial charge is 0.465 e. The first-order valence-electron chi connectivity index (χ1n) is 8.79. The Morgan fingerprint density at radius 1 is 1.21 bits per heavy atom. The Balaban J connectivity index is 1.51. The van der Waals surface area contributed by atoms with Crippen LogP contribution >= 0.6 is 0 Å². The quantitative estimate of drug-likeness (QED) is 0.699. The molecule has 2 aromatic heterocycles. The van der Waals surface area contributed by atoms with Crippen molar-refractivity contribution in [3.63, 3.8) is 0 Å². The standard InChI is InChI=1S/C19H19N5O4/c1-28-14-10-23(11-14)17(25)9-12-5-7-13(8-6-12)15-3-2-4-16-20-18(21-19(26)27)22-24(15)16/h2-8,14H,9-11H2,1H3,(H,21,22)(H,26,27). The molecule has 0 aliphatic carbocycles. The lowest BCUT2D eigenvalue weighted by Gasteiger charge is -2.38. The number of nitrogens with zero attached hydrogens (tertiary/aromatic N) is 4. The van der Waals surface area contributed by atoms with E-state index in [0.29, 0.717) is 25.2 Å². The molecular weight excluding hydrogens is 362 g/mol. The van der Waals surface area contributed by atoms with Gasteiger partial charge in [-0.2, -0.15) is 4.98 Å². The number of anilines is 1. The summed E-state index contributed by atoms with van der Waals surface area (Å²) in [6.07, 6.45) is -0.725. The molecule has 0 radical (unpaired) electrons. The molecule has 0 bridgehead atoms. The van der Waals surface area contributed by atoms with Gasteiger partial charge in [-0.3, -0.25) is 10.1 Å². The number of aromatic nitrogens is 3. The molecule has 28 heavy (non-hydrogen) atoms. The highest BCUT2D eigenvalue weighted by molar-refractivity contribution is 5.81. The Morgan fingerprint density at radius 2 is 1.96 bits per heavy atom. The molecule has 1 fully saturated rings. The third kappa shape index (κ3) is 3.52. The van der Waals surface area contributed by atoms with Crippen LogP contribution in [-0.4, -0.2) is 62.9 Å². The third-order valence-corrected chi connectivity index (χ3v) is 4.72. The van der Waals surface area contributed by atoms with Gasteiger partial charge in [0.25, 0.3) is 5.95 Å². The summed E-state index contributed by atoms with van der Waals surface area (Å²) in [7, 11) is 1.65. The molecule has 0 saturated carbocycles. The number of hydrogen-bond acceptors (Lipinski definition) is 5. The van der Waals surface area contributed by atoms with E-state index in [-0.39, 0.29) is 18.0 Å². The fourth-order valence-corrected chi connectivity index (χ4v) is 3.14. The van der Waals surface area contributed by atoms with Gasteiger partial charge in [0.15, 0.2) is 5.65 Å². The van der Waals surface area contributed by atoms with E-state index in [4.69, 9.17) is 9.84 Å². The molecule has 3 heterocycles. The summed E-state index contributed by atoms with van der Waals surface area (Å²) in [4.78, 5) is 29.0. The van der Waals surface area contributed by atoms with Crippen molar-refractivity contribution in [3.8, 4) is 11.3 Å². The van der Waals surface area contributed by atoms with Crippen LogP contribution in [0.25, 0.3) is 16.9 Å². The van der Waals surface area contributed by atoms with E-state index in [2.05, 4.69) is 15.4 Å². The summed E-state index contributed by atoms with van der Waals surface area (Å²) >= 11 is 0. The highest BCUT2D eigenvalue weighted by Crippen LogP contribution is 2.22. The second-order valence-electron chi connectivity index (χ2n) is 6.58. The van der Waals surface area contributed by atoms with Crippen molar-refractivity contribution in [2.75, 3.05) is 25.5 Å². The maximum Gasteiger partial charge on any atom is 0.411 e. The number of nitrogens with one attached hydrogen (secondary N) is 1. The van der Waals surface area contributed by atoms with Crippen LogP contribution < -0.4 is 5.32 Å². The van der Waals surface area contributed by atoms with Crippen LogP contribution in [-0.2, 0) is 16.0 Å². The Morgan fingerprint density at radius 3 is 2.64 bits per heavy atom. The van der Waals surface area contributed by atoms with Crippen LogP contribution in [0.4, 0.5) is 10.7 Å². The number of hydrogen-bond donors (Lipinski definition) is 2. The van der Waals surface area contributed by atoms with Gasteiger partial charge in [-0.15, -0.1) is 5.10 Å². The Kier molecular flexibility index (Phi) is 4.66. The van der Waals surface area contributed by atoms with Gasteiger partial charge in [0.2, 0.25) is 5.91 Å². The number of pyridine rings is 1. The first kappa shape index (κ1) is 17.9. The molecule has 1 aromatic carbocycles. The van der Waals surface area contributed by atoms with Gasteiger partial charge < -0.3 is 14.7 Å². The molecule has 9 nitrogen and oxygen atoms in total. The molecule has 4 rings (SSSR count). The minimum Gasteiger partial charge on any atom is -0.465 e. The van der Waals surface area contributed by atoms with Crippen molar-refractivity contribution in [1.82, 2.24) is 19.5 Å². The molecule has 3 aromatic rings. The molecule has 144 valence electrons. The van der Waals surface area contributed by atoms with Crippen molar-refractivity contribution < 1.29 is 19.4 Å². The summed E-state index contributed by atoms with van der Waals surface area (Å²) < 4.78 is 6.78. The van der Waals surface area contributed by atoms with E-state index in [9.17, 15) is 9.59 Å². The second-order valence-corrected chi connectivity index (χ2v) is 6.58. The van der Waals surface area contributed by atoms with Crippen molar-refractivity contribution >= 4 is 23.6 Å². The predicted octanol–water partition coefficient (Wildman–Crippen LogP) is 1.89. The van der Waals surface area contributed by atoms with Gasteiger partial charge in [0, 0.05) is 25.8 Å². The van der Waals surface area contributed by atoms with Gasteiger partial charge in [-0.25, -0.2) is 9.31 Å². The fourth-order valence-electron chi connectivity index (χ4n) is 3.14. The molecule has 2 amide bonds. The van der Waals surface area contributed by atoms with Gasteiger partial charge in [-0.1, -0.05) is 30.3 Å². The molecule has 0 atom stereocenters. The minimum atomic E-state index is -1.22. The van der Waals surface area contributed by atoms with Crippen LogP contribution in [0.1, 0.15) is 5.56 Å². The topological polar surface area (TPSA) is 109 Å². The fraction of sp³-hybridized carbons (Fsp3) is 0.263. The highest BCUT2D eigenvalue weighted by Gasteiger charge is 2.30. The zero-order valence-electron chi connectivity index (χ0n) is 15.2. The molecule has 1 aliphatic rings. The summed E-state index contributed by atoms with van der Waals surface area (Å²) in [6, 6.07) is 13.1. The maximum absolute atomic E-state index is 12.3. The number of carboxylic acid groups (broad SMARTS) is 1. The van der Waals surface area contributed by atoms with Gasteiger partial charge in [-0.05, 0) is 17.7 Å². The average Bonchev–Trinajstić information content (AvgIpc) is 3.03. The first-order chi connectivity index (χ1) is 13.5. The second kappa shape index (κ2) is 7.28. The Labute approximate surface area is 160 Å². The van der Waals surface area contributed by atoms with E-state index in [1.54, 1.807) is 22.6 Å².